The summed E-state index contributed by atoms with van der Waals surface area (Å²) in [6.07, 6.45) is 5.86. The topological polar surface area (TPSA) is 142 Å². The lowest BCUT2D eigenvalue weighted by Crippen LogP contribution is -2.12. The predicted octanol–water partition coefficient (Wildman–Crippen LogP) is 0.347. The normalized spacial score (nSPS) is 11.0. The van der Waals surface area contributed by atoms with E-state index in [0.717, 1.165) is 0 Å². The van der Waals surface area contributed by atoms with Gasteiger partial charge in [0.25, 0.3) is 11.8 Å². The van der Waals surface area contributed by atoms with E-state index in [-0.39, 0.29) is 11.5 Å². The Hall–Kier alpha value is -3.76. The van der Waals surface area contributed by atoms with E-state index in [0.29, 0.717) is 22.8 Å². The van der Waals surface area contributed by atoms with Crippen LogP contribution in [-0.2, 0) is 7.05 Å². The summed E-state index contributed by atoms with van der Waals surface area (Å²) in [6, 6.07) is 1.59. The van der Waals surface area contributed by atoms with Crippen molar-refractivity contribution in [2.75, 3.05) is 11.1 Å². The van der Waals surface area contributed by atoms with Gasteiger partial charge in [-0.1, -0.05) is 0 Å². The van der Waals surface area contributed by atoms with Gasteiger partial charge >= 0.3 is 0 Å². The molecule has 0 aliphatic carbocycles. The van der Waals surface area contributed by atoms with Crippen LogP contribution in [0.4, 0.5) is 11.5 Å². The maximum atomic E-state index is 12.6. The van der Waals surface area contributed by atoms with E-state index in [1.165, 1.54) is 21.8 Å². The van der Waals surface area contributed by atoms with Crippen molar-refractivity contribution in [3.63, 3.8) is 0 Å². The SMILES string of the molecule is Cn1cc(NC(=O)c2cnn3ccc(N)nc23)c(-c2nnco2)n1. The molecule has 4 aromatic rings. The number of carbonyl (C=O) groups is 1. The molecular formula is C13H11N9O2. The first-order valence-corrected chi connectivity index (χ1v) is 6.83. The average Bonchev–Trinajstić information content (AvgIpc) is 3.26. The fourth-order valence-corrected chi connectivity index (χ4v) is 2.25. The van der Waals surface area contributed by atoms with Gasteiger partial charge in [-0.05, 0) is 6.07 Å². The second-order valence-electron chi connectivity index (χ2n) is 4.94. The molecular weight excluding hydrogens is 314 g/mol. The fourth-order valence-electron chi connectivity index (χ4n) is 2.25. The molecule has 0 spiro atoms. The van der Waals surface area contributed by atoms with Crippen molar-refractivity contribution in [3.05, 3.63) is 36.6 Å². The molecule has 4 rings (SSSR count). The fraction of sp³-hybridized carbons (Fsp3) is 0.0769. The molecule has 24 heavy (non-hydrogen) atoms. The Balaban J connectivity index is 1.71. The maximum Gasteiger partial charge on any atom is 0.270 e. The van der Waals surface area contributed by atoms with E-state index in [9.17, 15) is 4.79 Å². The van der Waals surface area contributed by atoms with Gasteiger partial charge in [-0.25, -0.2) is 9.50 Å². The van der Waals surface area contributed by atoms with E-state index < -0.39 is 5.91 Å². The van der Waals surface area contributed by atoms with Crippen LogP contribution in [0.5, 0.6) is 0 Å². The predicted molar refractivity (Wildman–Crippen MR) is 81.9 cm³/mol. The van der Waals surface area contributed by atoms with Crippen LogP contribution >= 0.6 is 0 Å². The minimum Gasteiger partial charge on any atom is -0.422 e. The summed E-state index contributed by atoms with van der Waals surface area (Å²) in [5.41, 5.74) is 7.10. The highest BCUT2D eigenvalue weighted by Crippen LogP contribution is 2.25. The number of aromatic nitrogens is 7. The van der Waals surface area contributed by atoms with Crippen LogP contribution in [0, 0.1) is 0 Å². The largest absolute Gasteiger partial charge is 0.422 e. The zero-order valence-corrected chi connectivity index (χ0v) is 12.4. The second-order valence-corrected chi connectivity index (χ2v) is 4.94. The first-order valence-electron chi connectivity index (χ1n) is 6.83. The summed E-state index contributed by atoms with van der Waals surface area (Å²) in [7, 11) is 1.72. The Bertz CT molecular complexity index is 1030. The number of rotatable bonds is 3. The lowest BCUT2D eigenvalue weighted by molar-refractivity contribution is 0.102. The third-order valence-electron chi connectivity index (χ3n) is 3.27. The number of nitrogens with one attached hydrogen (secondary N) is 1. The monoisotopic (exact) mass is 325 g/mol. The molecule has 0 saturated heterocycles. The van der Waals surface area contributed by atoms with Gasteiger partial charge in [0.05, 0.1) is 11.9 Å². The molecule has 4 aromatic heterocycles. The van der Waals surface area contributed by atoms with Crippen molar-refractivity contribution in [1.82, 2.24) is 34.6 Å². The summed E-state index contributed by atoms with van der Waals surface area (Å²) in [5.74, 6) is 0.0926. The standard InChI is InChI=1S/C13H11N9O2/c1-21-5-8(10(20-21)13-19-15-6-24-13)17-12(23)7-4-16-22-3-2-9(14)18-11(7)22/h2-6H,1H3,(H2,14,18)(H,17,23). The van der Waals surface area contributed by atoms with E-state index >= 15 is 0 Å². The Morgan fingerprint density at radius 2 is 2.29 bits per heavy atom. The molecule has 11 nitrogen and oxygen atoms in total. The molecule has 0 aromatic carbocycles. The second kappa shape index (κ2) is 5.15. The van der Waals surface area contributed by atoms with Gasteiger partial charge in [0.1, 0.15) is 11.4 Å². The smallest absolute Gasteiger partial charge is 0.270 e. The van der Waals surface area contributed by atoms with E-state index in [1.807, 2.05) is 0 Å². The van der Waals surface area contributed by atoms with Crippen LogP contribution in [0.3, 0.4) is 0 Å². The summed E-state index contributed by atoms with van der Waals surface area (Å²) in [6.45, 7) is 0. The van der Waals surface area contributed by atoms with Crippen molar-refractivity contribution in [3.8, 4) is 11.6 Å². The van der Waals surface area contributed by atoms with Crippen LogP contribution in [-0.4, -0.2) is 40.5 Å². The Morgan fingerprint density at radius 1 is 1.42 bits per heavy atom. The molecule has 0 atom stereocenters. The van der Waals surface area contributed by atoms with Crippen LogP contribution in [0.25, 0.3) is 17.2 Å². The van der Waals surface area contributed by atoms with Crippen molar-refractivity contribution >= 4 is 23.1 Å². The maximum absolute atomic E-state index is 12.6. The zero-order chi connectivity index (χ0) is 16.7. The van der Waals surface area contributed by atoms with E-state index in [2.05, 4.69) is 30.7 Å². The number of amides is 1. The Kier molecular flexibility index (Phi) is 2.98. The molecule has 0 unspecified atom stereocenters. The average molecular weight is 325 g/mol. The van der Waals surface area contributed by atoms with Gasteiger partial charge in [0, 0.05) is 19.4 Å². The summed E-state index contributed by atoms with van der Waals surface area (Å²) in [5, 5.41) is 18.5. The van der Waals surface area contributed by atoms with Gasteiger partial charge in [-0.3, -0.25) is 9.48 Å². The van der Waals surface area contributed by atoms with Crippen LogP contribution in [0.15, 0.2) is 35.5 Å². The van der Waals surface area contributed by atoms with Crippen LogP contribution in [0.2, 0.25) is 0 Å². The van der Waals surface area contributed by atoms with E-state index in [1.54, 1.807) is 25.5 Å². The number of nitrogens with two attached hydrogens (primary N) is 1. The molecule has 11 heteroatoms. The van der Waals surface area contributed by atoms with Gasteiger partial charge in [-0.2, -0.15) is 10.2 Å². The quantitative estimate of drug-likeness (QED) is 0.549. The molecule has 0 bridgehead atoms. The minimum atomic E-state index is -0.406. The Morgan fingerprint density at radius 3 is 3.08 bits per heavy atom. The molecule has 0 fully saturated rings. The highest BCUT2D eigenvalue weighted by Gasteiger charge is 2.20. The van der Waals surface area contributed by atoms with Crippen molar-refractivity contribution < 1.29 is 9.21 Å². The molecule has 120 valence electrons. The number of anilines is 2. The lowest BCUT2D eigenvalue weighted by atomic mass is 10.3. The molecule has 1 amide bonds. The van der Waals surface area contributed by atoms with Crippen LogP contribution < -0.4 is 11.1 Å². The summed E-state index contributed by atoms with van der Waals surface area (Å²) >= 11 is 0. The van der Waals surface area contributed by atoms with Crippen LogP contribution in [0.1, 0.15) is 10.4 Å². The molecule has 0 saturated carbocycles. The third kappa shape index (κ3) is 2.24. The van der Waals surface area contributed by atoms with Gasteiger partial charge in [0.2, 0.25) is 6.39 Å². The molecule has 3 N–H and O–H groups in total. The third-order valence-corrected chi connectivity index (χ3v) is 3.27. The first kappa shape index (κ1) is 13.9. The number of hydrogen-bond acceptors (Lipinski definition) is 8. The number of fused-ring (bicyclic) bond motifs is 1. The van der Waals surface area contributed by atoms with E-state index in [4.69, 9.17) is 10.2 Å². The minimum absolute atomic E-state index is 0.202. The van der Waals surface area contributed by atoms with Gasteiger partial charge in [0.15, 0.2) is 11.3 Å². The Labute approximate surface area is 134 Å². The molecule has 4 heterocycles. The lowest BCUT2D eigenvalue weighted by Gasteiger charge is -2.02. The van der Waals surface area contributed by atoms with Crippen molar-refractivity contribution in [2.24, 2.45) is 7.05 Å². The number of aryl methyl sites for hydroxylation is 1. The van der Waals surface area contributed by atoms with Gasteiger partial charge < -0.3 is 15.5 Å². The molecule has 0 aliphatic heterocycles. The molecule has 0 radical (unpaired) electrons. The highest BCUT2D eigenvalue weighted by atomic mass is 16.4. The van der Waals surface area contributed by atoms with Gasteiger partial charge in [-0.15, -0.1) is 10.2 Å². The highest BCUT2D eigenvalue weighted by molar-refractivity contribution is 6.09. The zero-order valence-electron chi connectivity index (χ0n) is 12.4. The number of nitrogens with zero attached hydrogens (tertiary/aromatic N) is 7. The van der Waals surface area contributed by atoms with Crippen molar-refractivity contribution in [2.45, 2.75) is 0 Å². The number of nitrogen functional groups attached to an aromatic ring is 1. The summed E-state index contributed by atoms with van der Waals surface area (Å²) in [4.78, 5) is 16.7. The number of carbonyl (C=O) groups excluding carboxylic acids is 1. The first-order chi connectivity index (χ1) is 11.6. The number of hydrogen-bond donors (Lipinski definition) is 2. The summed E-state index contributed by atoms with van der Waals surface area (Å²) < 4.78 is 8.13. The van der Waals surface area contributed by atoms with Crippen molar-refractivity contribution in [1.29, 1.82) is 0 Å². The molecule has 0 aliphatic rings.